The van der Waals surface area contributed by atoms with Gasteiger partial charge < -0.3 is 10.1 Å². The van der Waals surface area contributed by atoms with Crippen molar-refractivity contribution in [2.24, 2.45) is 5.92 Å². The van der Waals surface area contributed by atoms with Gasteiger partial charge in [0.25, 0.3) is 0 Å². The smallest absolute Gasteiger partial charge is 0.330 e. The molecular formula is C13H25NO2. The van der Waals surface area contributed by atoms with Crippen LogP contribution >= 0.6 is 0 Å². The maximum atomic E-state index is 11.0. The van der Waals surface area contributed by atoms with E-state index in [0.29, 0.717) is 12.6 Å². The second kappa shape index (κ2) is 9.40. The van der Waals surface area contributed by atoms with Gasteiger partial charge in [0.05, 0.1) is 6.61 Å². The van der Waals surface area contributed by atoms with Crippen molar-refractivity contribution in [3.05, 3.63) is 12.2 Å². The molecule has 0 saturated carbocycles. The van der Waals surface area contributed by atoms with E-state index in [1.807, 2.05) is 6.08 Å². The molecule has 0 aliphatic rings. The van der Waals surface area contributed by atoms with E-state index < -0.39 is 0 Å². The van der Waals surface area contributed by atoms with Gasteiger partial charge in [-0.1, -0.05) is 19.9 Å². The second-order valence-corrected chi connectivity index (χ2v) is 4.43. The molecular weight excluding hydrogens is 202 g/mol. The van der Waals surface area contributed by atoms with E-state index in [1.54, 1.807) is 6.92 Å². The molecule has 0 rings (SSSR count). The SMILES string of the molecule is CCOC(=O)/C=C/CNC(C)CCC(C)C. The molecule has 1 unspecified atom stereocenters. The zero-order valence-corrected chi connectivity index (χ0v) is 11.0. The van der Waals surface area contributed by atoms with E-state index in [1.165, 1.54) is 18.9 Å². The monoisotopic (exact) mass is 227 g/mol. The minimum absolute atomic E-state index is 0.265. The van der Waals surface area contributed by atoms with Crippen LogP contribution in [0.4, 0.5) is 0 Å². The number of ether oxygens (including phenoxy) is 1. The summed E-state index contributed by atoms with van der Waals surface area (Å²) in [6.07, 6.45) is 5.69. The number of carbonyl (C=O) groups excluding carboxylic acids is 1. The Morgan fingerprint density at radius 1 is 1.31 bits per heavy atom. The molecule has 16 heavy (non-hydrogen) atoms. The molecule has 0 aromatic heterocycles. The number of nitrogens with one attached hydrogen (secondary N) is 1. The van der Waals surface area contributed by atoms with Gasteiger partial charge in [-0.15, -0.1) is 0 Å². The molecule has 0 aliphatic heterocycles. The number of hydrogen-bond donors (Lipinski definition) is 1. The van der Waals surface area contributed by atoms with Crippen LogP contribution in [-0.4, -0.2) is 25.2 Å². The average Bonchev–Trinajstić information content (AvgIpc) is 2.22. The van der Waals surface area contributed by atoms with Crippen molar-refractivity contribution in [3.63, 3.8) is 0 Å². The third kappa shape index (κ3) is 9.71. The average molecular weight is 227 g/mol. The zero-order chi connectivity index (χ0) is 12.4. The van der Waals surface area contributed by atoms with Crippen molar-refractivity contribution >= 4 is 5.97 Å². The Morgan fingerprint density at radius 3 is 2.56 bits per heavy atom. The molecule has 0 saturated heterocycles. The third-order valence-electron chi connectivity index (χ3n) is 2.30. The standard InChI is InChI=1S/C13H25NO2/c1-5-16-13(15)7-6-10-14-12(4)9-8-11(2)3/h6-7,11-12,14H,5,8-10H2,1-4H3/b7-6+. The van der Waals surface area contributed by atoms with Crippen molar-refractivity contribution in [3.8, 4) is 0 Å². The number of esters is 1. The van der Waals surface area contributed by atoms with Crippen molar-refractivity contribution in [2.45, 2.75) is 46.6 Å². The van der Waals surface area contributed by atoms with Crippen molar-refractivity contribution in [1.82, 2.24) is 5.32 Å². The highest BCUT2D eigenvalue weighted by atomic mass is 16.5. The summed E-state index contributed by atoms with van der Waals surface area (Å²) in [6, 6.07) is 0.495. The van der Waals surface area contributed by atoms with Crippen molar-refractivity contribution in [1.29, 1.82) is 0 Å². The normalized spacial score (nSPS) is 13.3. The fraction of sp³-hybridized carbons (Fsp3) is 0.769. The topological polar surface area (TPSA) is 38.3 Å². The van der Waals surface area contributed by atoms with Crippen LogP contribution in [0.3, 0.4) is 0 Å². The van der Waals surface area contributed by atoms with Gasteiger partial charge in [-0.05, 0) is 32.6 Å². The molecule has 0 heterocycles. The lowest BCUT2D eigenvalue weighted by molar-refractivity contribution is -0.137. The molecule has 0 aromatic rings. The van der Waals surface area contributed by atoms with E-state index >= 15 is 0 Å². The Bertz CT molecular complexity index is 212. The van der Waals surface area contributed by atoms with Crippen LogP contribution in [0.25, 0.3) is 0 Å². The maximum Gasteiger partial charge on any atom is 0.330 e. The Hall–Kier alpha value is -0.830. The molecule has 94 valence electrons. The quantitative estimate of drug-likeness (QED) is 0.511. The molecule has 0 radical (unpaired) electrons. The summed E-state index contributed by atoms with van der Waals surface area (Å²) in [5, 5.41) is 3.34. The summed E-state index contributed by atoms with van der Waals surface area (Å²) in [5.41, 5.74) is 0. The van der Waals surface area contributed by atoms with Gasteiger partial charge in [0.15, 0.2) is 0 Å². The summed E-state index contributed by atoms with van der Waals surface area (Å²) in [4.78, 5) is 11.0. The second-order valence-electron chi connectivity index (χ2n) is 4.43. The summed E-state index contributed by atoms with van der Waals surface area (Å²) in [6.45, 7) is 9.58. The Kier molecular flexibility index (Phi) is 8.91. The lowest BCUT2D eigenvalue weighted by atomic mass is 10.0. The largest absolute Gasteiger partial charge is 0.463 e. The number of hydrogen-bond acceptors (Lipinski definition) is 3. The summed E-state index contributed by atoms with van der Waals surface area (Å²) in [5.74, 6) is 0.485. The van der Waals surface area contributed by atoms with Crippen LogP contribution in [0.1, 0.15) is 40.5 Å². The molecule has 1 atom stereocenters. The van der Waals surface area contributed by atoms with E-state index in [-0.39, 0.29) is 5.97 Å². The molecule has 3 nitrogen and oxygen atoms in total. The molecule has 0 amide bonds. The maximum absolute atomic E-state index is 11.0. The summed E-state index contributed by atoms with van der Waals surface area (Å²) >= 11 is 0. The van der Waals surface area contributed by atoms with Gasteiger partial charge in [0, 0.05) is 18.7 Å². The van der Waals surface area contributed by atoms with Gasteiger partial charge in [-0.2, -0.15) is 0 Å². The minimum Gasteiger partial charge on any atom is -0.463 e. The van der Waals surface area contributed by atoms with Crippen LogP contribution in [-0.2, 0) is 9.53 Å². The van der Waals surface area contributed by atoms with E-state index in [4.69, 9.17) is 4.74 Å². The molecule has 0 bridgehead atoms. The lowest BCUT2D eigenvalue weighted by Crippen LogP contribution is -2.26. The summed E-state index contributed by atoms with van der Waals surface area (Å²) < 4.78 is 4.77. The van der Waals surface area contributed by atoms with Crippen LogP contribution in [0.15, 0.2) is 12.2 Å². The first-order valence-electron chi connectivity index (χ1n) is 6.13. The first kappa shape index (κ1) is 15.2. The molecule has 0 fully saturated rings. The predicted octanol–water partition coefficient (Wildman–Crippen LogP) is 2.52. The molecule has 0 spiro atoms. The Labute approximate surface area is 99.3 Å². The van der Waals surface area contributed by atoms with Crippen LogP contribution < -0.4 is 5.32 Å². The number of carbonyl (C=O) groups is 1. The van der Waals surface area contributed by atoms with Crippen LogP contribution in [0.2, 0.25) is 0 Å². The third-order valence-corrected chi connectivity index (χ3v) is 2.30. The van der Waals surface area contributed by atoms with E-state index in [0.717, 1.165) is 12.5 Å². The first-order valence-corrected chi connectivity index (χ1v) is 6.13. The van der Waals surface area contributed by atoms with Gasteiger partial charge in [0.1, 0.15) is 0 Å². The lowest BCUT2D eigenvalue weighted by Gasteiger charge is -2.13. The van der Waals surface area contributed by atoms with Crippen molar-refractivity contribution < 1.29 is 9.53 Å². The molecule has 0 aliphatic carbocycles. The first-order chi connectivity index (χ1) is 7.56. The fourth-order valence-corrected chi connectivity index (χ4v) is 1.30. The van der Waals surface area contributed by atoms with Crippen LogP contribution in [0.5, 0.6) is 0 Å². The van der Waals surface area contributed by atoms with Crippen LogP contribution in [0, 0.1) is 5.92 Å². The van der Waals surface area contributed by atoms with Gasteiger partial charge in [0.2, 0.25) is 0 Å². The van der Waals surface area contributed by atoms with Gasteiger partial charge in [-0.3, -0.25) is 0 Å². The van der Waals surface area contributed by atoms with Gasteiger partial charge in [-0.25, -0.2) is 4.79 Å². The van der Waals surface area contributed by atoms with Gasteiger partial charge >= 0.3 is 5.97 Å². The minimum atomic E-state index is -0.265. The summed E-state index contributed by atoms with van der Waals surface area (Å²) in [7, 11) is 0. The predicted molar refractivity (Wildman–Crippen MR) is 67.3 cm³/mol. The Morgan fingerprint density at radius 2 is 2.00 bits per heavy atom. The molecule has 1 N–H and O–H groups in total. The van der Waals surface area contributed by atoms with E-state index in [2.05, 4.69) is 26.1 Å². The van der Waals surface area contributed by atoms with E-state index in [9.17, 15) is 4.79 Å². The molecule has 3 heteroatoms. The highest BCUT2D eigenvalue weighted by Gasteiger charge is 2.01. The fourth-order valence-electron chi connectivity index (χ4n) is 1.30. The van der Waals surface area contributed by atoms with Crippen molar-refractivity contribution in [2.75, 3.05) is 13.2 Å². The molecule has 0 aromatic carbocycles. The zero-order valence-electron chi connectivity index (χ0n) is 11.0. The highest BCUT2D eigenvalue weighted by Crippen LogP contribution is 2.05. The number of rotatable bonds is 8. The highest BCUT2D eigenvalue weighted by molar-refractivity contribution is 5.81. The Balaban J connectivity index is 3.53.